The zero-order valence-electron chi connectivity index (χ0n) is 17.4. The van der Waals surface area contributed by atoms with E-state index in [0.29, 0.717) is 13.1 Å². The van der Waals surface area contributed by atoms with Crippen LogP contribution < -0.4 is 26.7 Å². The van der Waals surface area contributed by atoms with Crippen molar-refractivity contribution in [2.75, 3.05) is 37.8 Å². The van der Waals surface area contributed by atoms with Gasteiger partial charge in [-0.05, 0) is 26.9 Å². The van der Waals surface area contributed by atoms with Crippen LogP contribution >= 0.6 is 37.2 Å². The average Bonchev–Trinajstić information content (AvgIpc) is 3.45. The van der Waals surface area contributed by atoms with Crippen molar-refractivity contribution in [2.24, 2.45) is 0 Å². The Morgan fingerprint density at radius 1 is 1.09 bits per heavy atom. The van der Waals surface area contributed by atoms with Crippen molar-refractivity contribution in [3.8, 4) is 0 Å². The number of nitrogens with one attached hydrogen (secondary N) is 2. The second-order valence-electron chi connectivity index (χ2n) is 7.62. The maximum absolute atomic E-state index is 15.7. The maximum Gasteiger partial charge on any atom is 0.341 e. The monoisotopic (exact) mass is 515 g/mol. The highest BCUT2D eigenvalue weighted by Crippen LogP contribution is 2.42. The molecule has 180 valence electrons. The summed E-state index contributed by atoms with van der Waals surface area (Å²) < 4.78 is 32.4. The highest BCUT2D eigenvalue weighted by atomic mass is 35.5. The molecule has 1 aromatic heterocycles. The number of carboxylic acids is 1. The van der Waals surface area contributed by atoms with Gasteiger partial charge in [-0.15, -0.1) is 37.2 Å². The van der Waals surface area contributed by atoms with Gasteiger partial charge in [-0.1, -0.05) is 0 Å². The molecule has 4 rings (SSSR count). The molecule has 0 unspecified atom stereocenters. The third kappa shape index (κ3) is 4.34. The molecule has 1 aliphatic carbocycles. The van der Waals surface area contributed by atoms with Crippen LogP contribution in [0.2, 0.25) is 0 Å². The number of likely N-dealkylation sites (N-methyl/N-ethyl adjacent to an activating group) is 2. The number of hydrogen-bond donors (Lipinski definition) is 4. The zero-order valence-corrected chi connectivity index (χ0v) is 19.8. The summed E-state index contributed by atoms with van der Waals surface area (Å²) in [4.78, 5) is 25.7. The quantitative estimate of drug-likeness (QED) is 0.451. The summed E-state index contributed by atoms with van der Waals surface area (Å²) >= 11 is 0. The molecule has 2 fully saturated rings. The van der Waals surface area contributed by atoms with Crippen LogP contribution in [-0.2, 0) is 0 Å². The van der Waals surface area contributed by atoms with Crippen LogP contribution in [-0.4, -0.2) is 54.9 Å². The molecule has 0 bridgehead atoms. The van der Waals surface area contributed by atoms with Crippen LogP contribution in [0.5, 0.6) is 0 Å². The standard InChI is InChI=1S/C19H23F2N5O3.3ClH/c1-23-10-6-25(7-11(10)24-2)17-13(20)15(22)12-16(14(17)21)26(8-3-4-8)5-9(18(12)27)19(28)29;;;/h5,8,10-11,23-24H,3-4,6-7,22H2,1-2H3,(H,28,29);3*1H/t10-,11-;;;/m1.../s1. The molecule has 2 heterocycles. The summed E-state index contributed by atoms with van der Waals surface area (Å²) in [6.45, 7) is 0.698. The van der Waals surface area contributed by atoms with Gasteiger partial charge in [-0.2, -0.15) is 0 Å². The SMILES string of the molecule is CN[C@@H]1CN(c2c(F)c(N)c3c(=O)c(C(=O)O)cn(C4CC4)c3c2F)C[C@H]1NC.Cl.Cl.Cl. The van der Waals surface area contributed by atoms with Gasteiger partial charge in [0.25, 0.3) is 0 Å². The molecule has 8 nitrogen and oxygen atoms in total. The lowest BCUT2D eigenvalue weighted by atomic mass is 10.1. The number of carboxylic acid groups (broad SMARTS) is 1. The smallest absolute Gasteiger partial charge is 0.341 e. The first-order chi connectivity index (χ1) is 13.8. The molecule has 1 aliphatic heterocycles. The normalized spacial score (nSPS) is 19.8. The molecule has 5 N–H and O–H groups in total. The lowest BCUT2D eigenvalue weighted by Crippen LogP contribution is -2.43. The molecule has 1 saturated heterocycles. The van der Waals surface area contributed by atoms with E-state index in [1.54, 1.807) is 19.0 Å². The second kappa shape index (κ2) is 10.4. The Hall–Kier alpha value is -1.85. The Labute approximate surface area is 201 Å². The second-order valence-corrected chi connectivity index (χ2v) is 7.62. The molecular weight excluding hydrogens is 491 g/mol. The van der Waals surface area contributed by atoms with E-state index in [2.05, 4.69) is 10.6 Å². The number of aromatic carboxylic acids is 1. The predicted octanol–water partition coefficient (Wildman–Crippen LogP) is 2.16. The molecule has 2 atom stereocenters. The lowest BCUT2D eigenvalue weighted by molar-refractivity contribution is 0.0695. The van der Waals surface area contributed by atoms with Crippen LogP contribution in [0.3, 0.4) is 0 Å². The number of carbonyl (C=O) groups is 1. The van der Waals surface area contributed by atoms with Crippen LogP contribution in [0.15, 0.2) is 11.0 Å². The average molecular weight is 517 g/mol. The number of halogens is 5. The fourth-order valence-corrected chi connectivity index (χ4v) is 4.19. The van der Waals surface area contributed by atoms with Crippen LogP contribution in [0.1, 0.15) is 29.2 Å². The van der Waals surface area contributed by atoms with Crippen LogP contribution in [0.4, 0.5) is 20.2 Å². The van der Waals surface area contributed by atoms with E-state index in [9.17, 15) is 14.7 Å². The van der Waals surface area contributed by atoms with E-state index in [1.165, 1.54) is 4.57 Å². The van der Waals surface area contributed by atoms with E-state index in [-0.39, 0.29) is 66.6 Å². The topological polar surface area (TPSA) is 113 Å². The van der Waals surface area contributed by atoms with Gasteiger partial charge in [0, 0.05) is 37.4 Å². The van der Waals surface area contributed by atoms with Crippen LogP contribution in [0.25, 0.3) is 10.9 Å². The Morgan fingerprint density at radius 2 is 1.62 bits per heavy atom. The van der Waals surface area contributed by atoms with Gasteiger partial charge in [0.2, 0.25) is 5.43 Å². The fourth-order valence-electron chi connectivity index (χ4n) is 4.19. The first kappa shape index (κ1) is 28.2. The van der Waals surface area contributed by atoms with Crippen molar-refractivity contribution in [3.63, 3.8) is 0 Å². The summed E-state index contributed by atoms with van der Waals surface area (Å²) in [5.41, 5.74) is 3.48. The lowest BCUT2D eigenvalue weighted by Gasteiger charge is -2.23. The summed E-state index contributed by atoms with van der Waals surface area (Å²) in [5, 5.41) is 15.2. The minimum absolute atomic E-state index is 0. The summed E-state index contributed by atoms with van der Waals surface area (Å²) in [6.07, 6.45) is 2.58. The van der Waals surface area contributed by atoms with Crippen molar-refractivity contribution in [3.05, 3.63) is 33.6 Å². The van der Waals surface area contributed by atoms with Gasteiger partial charge in [0.15, 0.2) is 11.6 Å². The van der Waals surface area contributed by atoms with E-state index in [4.69, 9.17) is 5.73 Å². The first-order valence-corrected chi connectivity index (χ1v) is 9.48. The Kier molecular flexibility index (Phi) is 9.15. The largest absolute Gasteiger partial charge is 0.477 e. The molecule has 13 heteroatoms. The van der Waals surface area contributed by atoms with Gasteiger partial charge >= 0.3 is 5.97 Å². The summed E-state index contributed by atoms with van der Waals surface area (Å²) in [7, 11) is 3.55. The summed E-state index contributed by atoms with van der Waals surface area (Å²) in [5.74, 6) is -3.38. The van der Waals surface area contributed by atoms with E-state index >= 15 is 8.78 Å². The molecule has 32 heavy (non-hydrogen) atoms. The molecule has 1 aromatic carbocycles. The minimum Gasteiger partial charge on any atom is -0.477 e. The van der Waals surface area contributed by atoms with Gasteiger partial charge in [0.05, 0.1) is 16.6 Å². The molecule has 1 saturated carbocycles. The highest BCUT2D eigenvalue weighted by molar-refractivity contribution is 5.99. The maximum atomic E-state index is 15.7. The van der Waals surface area contributed by atoms with Gasteiger partial charge in [-0.25, -0.2) is 13.6 Å². The van der Waals surface area contributed by atoms with Gasteiger partial charge < -0.3 is 30.9 Å². The fraction of sp³-hybridized carbons (Fsp3) is 0.474. The van der Waals surface area contributed by atoms with Gasteiger partial charge in [-0.3, -0.25) is 4.79 Å². The highest BCUT2D eigenvalue weighted by Gasteiger charge is 2.37. The van der Waals surface area contributed by atoms with Crippen LogP contribution in [0, 0.1) is 11.6 Å². The number of nitrogens with zero attached hydrogens (tertiary/aromatic N) is 2. The van der Waals surface area contributed by atoms with Crippen molar-refractivity contribution in [1.29, 1.82) is 0 Å². The minimum atomic E-state index is -1.45. The van der Waals surface area contributed by atoms with E-state index in [1.807, 2.05) is 0 Å². The zero-order chi connectivity index (χ0) is 21.0. The Morgan fingerprint density at radius 3 is 2.06 bits per heavy atom. The number of fused-ring (bicyclic) bond motifs is 1. The number of hydrogen-bond acceptors (Lipinski definition) is 6. The molecular formula is C19H26Cl3F2N5O3. The Bertz CT molecular complexity index is 1070. The first-order valence-electron chi connectivity index (χ1n) is 9.48. The van der Waals surface area contributed by atoms with E-state index in [0.717, 1.165) is 19.0 Å². The van der Waals surface area contributed by atoms with Crippen molar-refractivity contribution < 1.29 is 18.7 Å². The molecule has 2 aromatic rings. The van der Waals surface area contributed by atoms with Crippen molar-refractivity contribution in [2.45, 2.75) is 31.0 Å². The van der Waals surface area contributed by atoms with Gasteiger partial charge in [0.1, 0.15) is 11.3 Å². The molecule has 0 spiro atoms. The van der Waals surface area contributed by atoms with E-state index < -0.39 is 39.7 Å². The third-order valence-corrected chi connectivity index (χ3v) is 5.91. The van der Waals surface area contributed by atoms with Crippen molar-refractivity contribution >= 4 is 65.5 Å². The third-order valence-electron chi connectivity index (χ3n) is 5.91. The van der Waals surface area contributed by atoms with Crippen molar-refractivity contribution in [1.82, 2.24) is 15.2 Å². The number of aromatic nitrogens is 1. The predicted molar refractivity (Wildman–Crippen MR) is 127 cm³/mol. The number of rotatable bonds is 5. The molecule has 0 radical (unpaired) electrons. The molecule has 2 aliphatic rings. The number of nitrogen functional groups attached to an aromatic ring is 1. The number of nitrogens with two attached hydrogens (primary N) is 1. The number of anilines is 2. The Balaban J connectivity index is 0.00000171. The number of pyridine rings is 1. The summed E-state index contributed by atoms with van der Waals surface area (Å²) in [6, 6.07) is -0.205. The molecule has 0 amide bonds. The number of benzene rings is 1.